The van der Waals surface area contributed by atoms with E-state index in [1.54, 1.807) is 30.5 Å². The van der Waals surface area contributed by atoms with Gasteiger partial charge in [0.05, 0.1) is 22.0 Å². The second kappa shape index (κ2) is 7.78. The van der Waals surface area contributed by atoms with E-state index in [1.807, 2.05) is 36.7 Å². The summed E-state index contributed by atoms with van der Waals surface area (Å²) in [5.41, 5.74) is 2.94. The standard InChI is InChI=1S/C20H22ClN5O2S/c1-15-20(16(2)26(23-15)19-5-3-4-10-22-19)24-11-13-25(14-12-24)29(27,28)18-8-6-17(21)7-9-18/h3-10H,11-14H2,1-2H3. The molecule has 1 aliphatic rings. The van der Waals surface area contributed by atoms with Crippen LogP contribution in [-0.2, 0) is 10.0 Å². The first-order valence-electron chi connectivity index (χ1n) is 9.36. The van der Waals surface area contributed by atoms with Crippen LogP contribution in [0.1, 0.15) is 11.4 Å². The normalized spacial score (nSPS) is 15.6. The number of halogens is 1. The summed E-state index contributed by atoms with van der Waals surface area (Å²) < 4.78 is 29.2. The van der Waals surface area contributed by atoms with E-state index < -0.39 is 10.0 Å². The highest BCUT2D eigenvalue weighted by atomic mass is 35.5. The van der Waals surface area contributed by atoms with E-state index in [0.717, 1.165) is 22.9 Å². The van der Waals surface area contributed by atoms with Gasteiger partial charge in [0.15, 0.2) is 5.82 Å². The lowest BCUT2D eigenvalue weighted by Gasteiger charge is -2.35. The summed E-state index contributed by atoms with van der Waals surface area (Å²) in [6.45, 7) is 6.02. The molecule has 29 heavy (non-hydrogen) atoms. The van der Waals surface area contributed by atoms with E-state index in [-0.39, 0.29) is 4.90 Å². The van der Waals surface area contributed by atoms with Crippen LogP contribution in [0.25, 0.3) is 5.82 Å². The van der Waals surface area contributed by atoms with Crippen LogP contribution in [-0.4, -0.2) is 53.7 Å². The minimum atomic E-state index is -3.53. The van der Waals surface area contributed by atoms with Crippen molar-refractivity contribution in [3.8, 4) is 5.82 Å². The van der Waals surface area contributed by atoms with Gasteiger partial charge in [-0.3, -0.25) is 0 Å². The highest BCUT2D eigenvalue weighted by Gasteiger charge is 2.30. The molecule has 4 rings (SSSR count). The number of anilines is 1. The predicted octanol–water partition coefficient (Wildman–Crippen LogP) is 3.05. The van der Waals surface area contributed by atoms with Crippen molar-refractivity contribution in [2.45, 2.75) is 18.7 Å². The summed E-state index contributed by atoms with van der Waals surface area (Å²) in [7, 11) is -3.53. The summed E-state index contributed by atoms with van der Waals surface area (Å²) in [5, 5.41) is 5.17. The third-order valence-electron chi connectivity index (χ3n) is 5.13. The molecule has 0 atom stereocenters. The molecule has 3 heterocycles. The van der Waals surface area contributed by atoms with Gasteiger partial charge in [0.2, 0.25) is 10.0 Å². The molecule has 152 valence electrons. The van der Waals surface area contributed by atoms with Crippen molar-refractivity contribution in [1.82, 2.24) is 19.1 Å². The van der Waals surface area contributed by atoms with Crippen LogP contribution in [0.2, 0.25) is 5.02 Å². The molecule has 9 heteroatoms. The van der Waals surface area contributed by atoms with E-state index in [4.69, 9.17) is 11.6 Å². The molecule has 0 spiro atoms. The summed E-state index contributed by atoms with van der Waals surface area (Å²) in [6, 6.07) is 12.0. The minimum Gasteiger partial charge on any atom is -0.366 e. The Morgan fingerprint density at radius 3 is 2.28 bits per heavy atom. The molecule has 3 aromatic rings. The van der Waals surface area contributed by atoms with Crippen LogP contribution in [0.3, 0.4) is 0 Å². The fourth-order valence-electron chi connectivity index (χ4n) is 3.70. The van der Waals surface area contributed by atoms with Crippen LogP contribution in [0.4, 0.5) is 5.69 Å². The number of pyridine rings is 1. The molecule has 2 aromatic heterocycles. The maximum Gasteiger partial charge on any atom is 0.243 e. The zero-order valence-corrected chi connectivity index (χ0v) is 17.9. The molecule has 0 saturated carbocycles. The molecule has 1 fully saturated rings. The molecule has 0 aliphatic carbocycles. The highest BCUT2D eigenvalue weighted by Crippen LogP contribution is 2.28. The Labute approximate surface area is 175 Å². The van der Waals surface area contributed by atoms with Gasteiger partial charge in [0.1, 0.15) is 0 Å². The van der Waals surface area contributed by atoms with Gasteiger partial charge in [-0.1, -0.05) is 17.7 Å². The molecule has 1 aliphatic heterocycles. The molecule has 0 bridgehead atoms. The number of rotatable bonds is 4. The number of benzene rings is 1. The number of hydrogen-bond acceptors (Lipinski definition) is 5. The summed E-state index contributed by atoms with van der Waals surface area (Å²) >= 11 is 5.88. The first-order chi connectivity index (χ1) is 13.9. The largest absolute Gasteiger partial charge is 0.366 e. The molecule has 1 saturated heterocycles. The lowest BCUT2D eigenvalue weighted by atomic mass is 10.2. The van der Waals surface area contributed by atoms with Crippen LogP contribution in [0.5, 0.6) is 0 Å². The number of piperazine rings is 1. The topological polar surface area (TPSA) is 71.3 Å². The van der Waals surface area contributed by atoms with Crippen LogP contribution in [0.15, 0.2) is 53.6 Å². The number of hydrogen-bond donors (Lipinski definition) is 0. The second-order valence-corrected chi connectivity index (χ2v) is 9.34. The van der Waals surface area contributed by atoms with Gasteiger partial charge in [-0.15, -0.1) is 0 Å². The SMILES string of the molecule is Cc1nn(-c2ccccn2)c(C)c1N1CCN(S(=O)(=O)c2ccc(Cl)cc2)CC1. The molecule has 0 amide bonds. The lowest BCUT2D eigenvalue weighted by molar-refractivity contribution is 0.384. The van der Waals surface area contributed by atoms with Gasteiger partial charge in [-0.25, -0.2) is 18.1 Å². The maximum absolute atomic E-state index is 12.9. The molecule has 0 unspecified atom stereocenters. The molecule has 7 nitrogen and oxygen atoms in total. The average molecular weight is 432 g/mol. The molecule has 0 N–H and O–H groups in total. The highest BCUT2D eigenvalue weighted by molar-refractivity contribution is 7.89. The summed E-state index contributed by atoms with van der Waals surface area (Å²) in [4.78, 5) is 6.85. The lowest BCUT2D eigenvalue weighted by Crippen LogP contribution is -2.49. The van der Waals surface area contributed by atoms with Gasteiger partial charge in [-0.05, 0) is 50.2 Å². The van der Waals surface area contributed by atoms with Gasteiger partial charge >= 0.3 is 0 Å². The van der Waals surface area contributed by atoms with Crippen molar-refractivity contribution in [3.63, 3.8) is 0 Å². The Bertz CT molecular complexity index is 1110. The number of sulfonamides is 1. The van der Waals surface area contributed by atoms with Crippen LogP contribution in [0, 0.1) is 13.8 Å². The average Bonchev–Trinajstić information content (AvgIpc) is 3.03. The Morgan fingerprint density at radius 1 is 0.966 bits per heavy atom. The third kappa shape index (κ3) is 3.75. The summed E-state index contributed by atoms with van der Waals surface area (Å²) in [5.74, 6) is 0.767. The van der Waals surface area contributed by atoms with E-state index in [9.17, 15) is 8.42 Å². The van der Waals surface area contributed by atoms with Gasteiger partial charge in [0.25, 0.3) is 0 Å². The van der Waals surface area contributed by atoms with Gasteiger partial charge in [0, 0.05) is 37.4 Å². The Kier molecular flexibility index (Phi) is 5.33. The first kappa shape index (κ1) is 19.9. The monoisotopic (exact) mass is 431 g/mol. The Morgan fingerprint density at radius 2 is 1.66 bits per heavy atom. The Balaban J connectivity index is 1.53. The van der Waals surface area contributed by atoms with Crippen molar-refractivity contribution in [1.29, 1.82) is 0 Å². The van der Waals surface area contributed by atoms with Crippen molar-refractivity contribution in [2.75, 3.05) is 31.1 Å². The zero-order valence-electron chi connectivity index (χ0n) is 16.3. The fraction of sp³-hybridized carbons (Fsp3) is 0.300. The van der Waals surface area contributed by atoms with Crippen molar-refractivity contribution >= 4 is 27.3 Å². The zero-order chi connectivity index (χ0) is 20.6. The van der Waals surface area contributed by atoms with Gasteiger partial charge < -0.3 is 4.90 Å². The fourth-order valence-corrected chi connectivity index (χ4v) is 5.25. The molecule has 1 aromatic carbocycles. The molecule has 0 radical (unpaired) electrons. The Hall–Kier alpha value is -2.42. The predicted molar refractivity (Wildman–Crippen MR) is 113 cm³/mol. The second-order valence-electron chi connectivity index (χ2n) is 6.96. The quantitative estimate of drug-likeness (QED) is 0.634. The summed E-state index contributed by atoms with van der Waals surface area (Å²) in [6.07, 6.45) is 1.74. The first-order valence-corrected chi connectivity index (χ1v) is 11.2. The van der Waals surface area contributed by atoms with E-state index >= 15 is 0 Å². The van der Waals surface area contributed by atoms with E-state index in [0.29, 0.717) is 31.2 Å². The number of aromatic nitrogens is 3. The minimum absolute atomic E-state index is 0.269. The smallest absolute Gasteiger partial charge is 0.243 e. The third-order valence-corrected chi connectivity index (χ3v) is 7.29. The number of aryl methyl sites for hydroxylation is 1. The van der Waals surface area contributed by atoms with Gasteiger partial charge in [-0.2, -0.15) is 9.40 Å². The van der Waals surface area contributed by atoms with E-state index in [1.165, 1.54) is 4.31 Å². The number of nitrogens with zero attached hydrogens (tertiary/aromatic N) is 5. The molecular weight excluding hydrogens is 410 g/mol. The van der Waals surface area contributed by atoms with Crippen LogP contribution < -0.4 is 4.90 Å². The maximum atomic E-state index is 12.9. The van der Waals surface area contributed by atoms with Crippen molar-refractivity contribution < 1.29 is 8.42 Å². The van der Waals surface area contributed by atoms with E-state index in [2.05, 4.69) is 15.0 Å². The van der Waals surface area contributed by atoms with Crippen LogP contribution >= 0.6 is 11.6 Å². The van der Waals surface area contributed by atoms with Crippen molar-refractivity contribution in [2.24, 2.45) is 0 Å². The molecular formula is C20H22ClN5O2S. The van der Waals surface area contributed by atoms with Crippen molar-refractivity contribution in [3.05, 3.63) is 65.1 Å².